The van der Waals surface area contributed by atoms with Crippen molar-refractivity contribution in [2.45, 2.75) is 39.7 Å². The number of ketones is 1. The minimum atomic E-state index is -0.855. The van der Waals surface area contributed by atoms with E-state index < -0.39 is 17.7 Å². The minimum absolute atomic E-state index is 0.0180. The first-order chi connectivity index (χ1) is 16.2. The minimum Gasteiger partial charge on any atom is -0.507 e. The highest BCUT2D eigenvalue weighted by Gasteiger charge is 2.48. The van der Waals surface area contributed by atoms with E-state index in [4.69, 9.17) is 4.74 Å². The van der Waals surface area contributed by atoms with E-state index >= 15 is 0 Å². The van der Waals surface area contributed by atoms with Gasteiger partial charge in [0.15, 0.2) is 0 Å². The van der Waals surface area contributed by atoms with Gasteiger partial charge in [-0.3, -0.25) is 19.5 Å². The van der Waals surface area contributed by atoms with Crippen LogP contribution in [0.3, 0.4) is 0 Å². The predicted molar refractivity (Wildman–Crippen MR) is 132 cm³/mol. The number of rotatable bonds is 5. The van der Waals surface area contributed by atoms with Gasteiger partial charge in [-0.25, -0.2) is 0 Å². The van der Waals surface area contributed by atoms with Crippen LogP contribution in [-0.4, -0.2) is 28.9 Å². The maximum Gasteiger partial charge on any atom is 0.300 e. The lowest BCUT2D eigenvalue weighted by Gasteiger charge is -2.26. The Morgan fingerprint density at radius 3 is 2.47 bits per heavy atom. The monoisotopic (exact) mass is 456 g/mol. The van der Waals surface area contributed by atoms with E-state index in [1.807, 2.05) is 45.9 Å². The van der Waals surface area contributed by atoms with Crippen molar-refractivity contribution in [1.82, 2.24) is 4.98 Å². The lowest BCUT2D eigenvalue weighted by Crippen LogP contribution is -2.30. The lowest BCUT2D eigenvalue weighted by atomic mass is 9.94. The molecule has 3 aromatic rings. The highest BCUT2D eigenvalue weighted by molar-refractivity contribution is 6.51. The molecule has 1 fully saturated rings. The molecule has 2 heterocycles. The number of aromatic nitrogens is 1. The molecule has 1 aliphatic rings. The summed E-state index contributed by atoms with van der Waals surface area (Å²) in [6.45, 7) is 7.87. The molecular weight excluding hydrogens is 428 g/mol. The molecule has 0 aliphatic carbocycles. The molecule has 6 nitrogen and oxygen atoms in total. The van der Waals surface area contributed by atoms with Crippen LogP contribution in [0.2, 0.25) is 0 Å². The Morgan fingerprint density at radius 1 is 1.06 bits per heavy atom. The first-order valence-electron chi connectivity index (χ1n) is 11.2. The number of carbonyl (C=O) groups is 2. The van der Waals surface area contributed by atoms with E-state index in [9.17, 15) is 14.7 Å². The predicted octanol–water partition coefficient (Wildman–Crippen LogP) is 5.46. The second-order valence-electron chi connectivity index (χ2n) is 8.83. The van der Waals surface area contributed by atoms with Gasteiger partial charge in [0, 0.05) is 17.4 Å². The van der Waals surface area contributed by atoms with E-state index in [-0.39, 0.29) is 17.3 Å². The number of Topliss-reactive ketones (excluding diaryl/α,β-unsaturated/α-hetero) is 1. The Kier molecular flexibility index (Phi) is 6.24. The van der Waals surface area contributed by atoms with Gasteiger partial charge < -0.3 is 9.84 Å². The first-order valence-corrected chi connectivity index (χ1v) is 11.2. The molecule has 0 radical (unpaired) electrons. The molecule has 1 unspecified atom stereocenters. The van der Waals surface area contributed by atoms with E-state index in [1.165, 1.54) is 4.90 Å². The number of anilines is 1. The van der Waals surface area contributed by atoms with E-state index in [0.29, 0.717) is 22.7 Å². The highest BCUT2D eigenvalue weighted by Crippen LogP contribution is 2.43. The van der Waals surface area contributed by atoms with Crippen LogP contribution in [0, 0.1) is 13.8 Å². The molecule has 0 saturated carbocycles. The Morgan fingerprint density at radius 2 is 1.82 bits per heavy atom. The van der Waals surface area contributed by atoms with Crippen LogP contribution >= 0.6 is 0 Å². The molecule has 1 aromatic heterocycles. The molecule has 4 rings (SSSR count). The Labute approximate surface area is 199 Å². The summed E-state index contributed by atoms with van der Waals surface area (Å²) in [6.07, 6.45) is 1.61. The average Bonchev–Trinajstić information content (AvgIpc) is 3.10. The number of methoxy groups -OCH3 is 1. The molecule has 0 bridgehead atoms. The number of hydrogen-bond acceptors (Lipinski definition) is 5. The van der Waals surface area contributed by atoms with Crippen LogP contribution < -0.4 is 9.64 Å². The molecule has 0 spiro atoms. The number of aliphatic hydroxyl groups is 1. The Hall–Kier alpha value is -3.93. The largest absolute Gasteiger partial charge is 0.507 e. The van der Waals surface area contributed by atoms with Gasteiger partial charge >= 0.3 is 0 Å². The third-order valence-corrected chi connectivity index (χ3v) is 6.16. The smallest absolute Gasteiger partial charge is 0.300 e. The van der Waals surface area contributed by atoms with Crippen LogP contribution in [0.5, 0.6) is 5.75 Å². The van der Waals surface area contributed by atoms with Crippen molar-refractivity contribution in [2.24, 2.45) is 0 Å². The third-order valence-electron chi connectivity index (χ3n) is 6.16. The van der Waals surface area contributed by atoms with Crippen molar-refractivity contribution in [3.05, 3.63) is 94.3 Å². The summed E-state index contributed by atoms with van der Waals surface area (Å²) in [6, 6.07) is 15.5. The van der Waals surface area contributed by atoms with Crippen LogP contribution in [-0.2, 0) is 9.59 Å². The molecule has 6 heteroatoms. The van der Waals surface area contributed by atoms with Crippen LogP contribution in [0.15, 0.2) is 66.4 Å². The van der Waals surface area contributed by atoms with Gasteiger partial charge in [0.25, 0.3) is 11.7 Å². The van der Waals surface area contributed by atoms with Gasteiger partial charge in [-0.1, -0.05) is 32.0 Å². The topological polar surface area (TPSA) is 79.7 Å². The fraction of sp³-hybridized carbons (Fsp3) is 0.250. The zero-order chi connectivity index (χ0) is 24.6. The van der Waals surface area contributed by atoms with Crippen LogP contribution in [0.1, 0.15) is 53.8 Å². The summed E-state index contributed by atoms with van der Waals surface area (Å²) in [4.78, 5) is 32.6. The van der Waals surface area contributed by atoms with Crippen molar-refractivity contribution in [3.8, 4) is 5.75 Å². The number of carbonyl (C=O) groups excluding carboxylic acids is 2. The van der Waals surface area contributed by atoms with Crippen LogP contribution in [0.25, 0.3) is 5.76 Å². The number of nitrogens with zero attached hydrogens (tertiary/aromatic N) is 2. The van der Waals surface area contributed by atoms with Gasteiger partial charge in [-0.2, -0.15) is 0 Å². The Bertz CT molecular complexity index is 1300. The number of aliphatic hydroxyl groups excluding tert-OH is 1. The maximum absolute atomic E-state index is 13.4. The van der Waals surface area contributed by atoms with E-state index in [1.54, 1.807) is 49.7 Å². The number of amides is 1. The number of benzene rings is 2. The lowest BCUT2D eigenvalue weighted by molar-refractivity contribution is -0.132. The van der Waals surface area contributed by atoms with Crippen molar-refractivity contribution in [1.29, 1.82) is 0 Å². The Balaban J connectivity index is 1.97. The quantitative estimate of drug-likeness (QED) is 0.313. The SMILES string of the molecule is COc1ccc(/C(O)=C2/C(=O)C(=O)N(c3cc(C)ccc3C)C2c2ccccn2)cc1C(C)C. The van der Waals surface area contributed by atoms with Crippen molar-refractivity contribution >= 4 is 23.1 Å². The second kappa shape index (κ2) is 9.14. The molecule has 174 valence electrons. The number of aryl methyl sites for hydroxylation is 2. The number of pyridine rings is 1. The molecule has 2 aromatic carbocycles. The highest BCUT2D eigenvalue weighted by atomic mass is 16.5. The molecule has 1 atom stereocenters. The molecule has 1 aliphatic heterocycles. The van der Waals surface area contributed by atoms with Gasteiger partial charge in [0.1, 0.15) is 17.6 Å². The van der Waals surface area contributed by atoms with Crippen molar-refractivity contribution in [3.63, 3.8) is 0 Å². The summed E-state index contributed by atoms with van der Waals surface area (Å²) < 4.78 is 5.46. The summed E-state index contributed by atoms with van der Waals surface area (Å²) >= 11 is 0. The zero-order valence-electron chi connectivity index (χ0n) is 20.0. The molecule has 1 amide bonds. The molecule has 1 saturated heterocycles. The van der Waals surface area contributed by atoms with E-state index in [2.05, 4.69) is 4.98 Å². The first kappa shape index (κ1) is 23.2. The van der Waals surface area contributed by atoms with Gasteiger partial charge in [-0.05, 0) is 72.9 Å². The summed E-state index contributed by atoms with van der Waals surface area (Å²) in [7, 11) is 1.59. The average molecular weight is 457 g/mol. The number of hydrogen-bond donors (Lipinski definition) is 1. The zero-order valence-corrected chi connectivity index (χ0v) is 20.0. The van der Waals surface area contributed by atoms with Gasteiger partial charge in [0.2, 0.25) is 0 Å². The van der Waals surface area contributed by atoms with E-state index in [0.717, 1.165) is 16.7 Å². The summed E-state index contributed by atoms with van der Waals surface area (Å²) in [5, 5.41) is 11.4. The second-order valence-corrected chi connectivity index (χ2v) is 8.83. The van der Waals surface area contributed by atoms with Crippen molar-refractivity contribution < 1.29 is 19.4 Å². The molecule has 1 N–H and O–H groups in total. The third kappa shape index (κ3) is 3.96. The standard InChI is InChI=1S/C28H28N2O4/c1-16(2)20-15-19(11-12-23(20)34-5)26(31)24-25(21-8-6-7-13-29-21)30(28(33)27(24)32)22-14-17(3)9-10-18(22)4/h6-16,25,31H,1-5H3/b26-24-. The fourth-order valence-electron chi connectivity index (χ4n) is 4.37. The van der Waals surface area contributed by atoms with Crippen molar-refractivity contribution in [2.75, 3.05) is 12.0 Å². The fourth-order valence-corrected chi connectivity index (χ4v) is 4.37. The molecule has 34 heavy (non-hydrogen) atoms. The van der Waals surface area contributed by atoms with Gasteiger partial charge in [-0.15, -0.1) is 0 Å². The van der Waals surface area contributed by atoms with Gasteiger partial charge in [0.05, 0.1) is 18.4 Å². The molecular formula is C28H28N2O4. The normalized spacial score (nSPS) is 17.5. The van der Waals surface area contributed by atoms with Crippen LogP contribution in [0.4, 0.5) is 5.69 Å². The number of ether oxygens (including phenoxy) is 1. The summed E-state index contributed by atoms with van der Waals surface area (Å²) in [5.74, 6) is -0.832. The summed E-state index contributed by atoms with van der Waals surface area (Å²) in [5.41, 5.74) is 4.29. The maximum atomic E-state index is 13.4.